The molecule has 3 rings (SSSR count). The van der Waals surface area contributed by atoms with Crippen molar-refractivity contribution in [1.82, 2.24) is 15.5 Å². The lowest BCUT2D eigenvalue weighted by Gasteiger charge is -2.36. The number of hydrogen-bond acceptors (Lipinski definition) is 5. The monoisotopic (exact) mass is 386 g/mol. The summed E-state index contributed by atoms with van der Waals surface area (Å²) in [5.74, 6) is -0.787. The summed E-state index contributed by atoms with van der Waals surface area (Å²) in [6.45, 7) is 2.57. The Kier molecular flexibility index (Phi) is 6.43. The van der Waals surface area contributed by atoms with Crippen molar-refractivity contribution in [3.8, 4) is 0 Å². The molecule has 0 saturated carbocycles. The third-order valence-electron chi connectivity index (χ3n) is 4.38. The molecule has 0 aliphatic carbocycles. The summed E-state index contributed by atoms with van der Waals surface area (Å²) >= 11 is 1.42. The molecule has 0 bridgehead atoms. The van der Waals surface area contributed by atoms with Crippen LogP contribution in [0.25, 0.3) is 0 Å². The highest BCUT2D eigenvalue weighted by Crippen LogP contribution is 2.15. The molecule has 27 heavy (non-hydrogen) atoms. The van der Waals surface area contributed by atoms with Crippen LogP contribution in [-0.2, 0) is 9.59 Å². The molecule has 1 aromatic heterocycles. The third-order valence-corrected chi connectivity index (χ3v) is 5.07. The van der Waals surface area contributed by atoms with Gasteiger partial charge in [0.2, 0.25) is 11.8 Å². The first-order chi connectivity index (χ1) is 13.1. The molecular weight excluding hydrogens is 364 g/mol. The second kappa shape index (κ2) is 9.18. The fourth-order valence-corrected chi connectivity index (χ4v) is 3.49. The first-order valence-electron chi connectivity index (χ1n) is 8.78. The van der Waals surface area contributed by atoms with Gasteiger partial charge in [0.25, 0.3) is 5.91 Å². The lowest BCUT2D eigenvalue weighted by atomic mass is 10.2. The predicted molar refractivity (Wildman–Crippen MR) is 105 cm³/mol. The highest BCUT2D eigenvalue weighted by Gasteiger charge is 2.21. The Morgan fingerprint density at radius 1 is 0.926 bits per heavy atom. The molecule has 1 aliphatic rings. The molecule has 3 amide bonds. The Morgan fingerprint density at radius 3 is 2.33 bits per heavy atom. The second-order valence-corrected chi connectivity index (χ2v) is 6.95. The van der Waals surface area contributed by atoms with Crippen LogP contribution in [0.1, 0.15) is 10.4 Å². The number of hydrogen-bond donors (Lipinski definition) is 2. The molecule has 2 heterocycles. The zero-order valence-electron chi connectivity index (χ0n) is 14.9. The van der Waals surface area contributed by atoms with E-state index in [9.17, 15) is 14.4 Å². The molecule has 0 unspecified atom stereocenters. The topological polar surface area (TPSA) is 81.8 Å². The minimum Gasteiger partial charge on any atom is -0.368 e. The van der Waals surface area contributed by atoms with Gasteiger partial charge in [-0.15, -0.1) is 0 Å². The predicted octanol–water partition coefficient (Wildman–Crippen LogP) is 0.943. The van der Waals surface area contributed by atoms with Crippen LogP contribution in [0.15, 0.2) is 47.2 Å². The van der Waals surface area contributed by atoms with Gasteiger partial charge in [-0.3, -0.25) is 14.4 Å². The summed E-state index contributed by atoms with van der Waals surface area (Å²) < 4.78 is 0. The van der Waals surface area contributed by atoms with E-state index in [4.69, 9.17) is 0 Å². The lowest BCUT2D eigenvalue weighted by Crippen LogP contribution is -2.51. The summed E-state index contributed by atoms with van der Waals surface area (Å²) in [5.41, 5.74) is 1.68. The van der Waals surface area contributed by atoms with Crippen LogP contribution in [0.2, 0.25) is 0 Å². The molecule has 1 fully saturated rings. The van der Waals surface area contributed by atoms with Gasteiger partial charge in [0.1, 0.15) is 0 Å². The van der Waals surface area contributed by atoms with E-state index < -0.39 is 0 Å². The minimum absolute atomic E-state index is 0.0571. The molecule has 142 valence electrons. The number of carbonyl (C=O) groups is 3. The standard InChI is InChI=1S/C19H22N4O3S/c24-17(12-21-19(26)15-6-11-27-14-15)20-13-18(25)23-9-7-22(8-10-23)16-4-2-1-3-5-16/h1-6,11,14H,7-10,12-13H2,(H,20,24)(H,21,26). The fourth-order valence-electron chi connectivity index (χ4n) is 2.86. The van der Waals surface area contributed by atoms with Crippen LogP contribution in [0.3, 0.4) is 0 Å². The Bertz CT molecular complexity index is 772. The van der Waals surface area contributed by atoms with Crippen molar-refractivity contribution >= 4 is 34.7 Å². The number of nitrogens with zero attached hydrogens (tertiary/aromatic N) is 2. The third kappa shape index (κ3) is 5.30. The highest BCUT2D eigenvalue weighted by atomic mass is 32.1. The van der Waals surface area contributed by atoms with Gasteiger partial charge in [-0.25, -0.2) is 0 Å². The van der Waals surface area contributed by atoms with E-state index in [2.05, 4.69) is 27.7 Å². The molecule has 2 aromatic rings. The van der Waals surface area contributed by atoms with Gasteiger partial charge in [-0.1, -0.05) is 18.2 Å². The molecule has 0 spiro atoms. The molecular formula is C19H22N4O3S. The minimum atomic E-state index is -0.380. The van der Waals surface area contributed by atoms with Crippen molar-refractivity contribution in [2.75, 3.05) is 44.2 Å². The summed E-state index contributed by atoms with van der Waals surface area (Å²) in [6.07, 6.45) is 0. The number of para-hydroxylation sites is 1. The van der Waals surface area contributed by atoms with E-state index in [0.717, 1.165) is 18.8 Å². The van der Waals surface area contributed by atoms with Crippen molar-refractivity contribution in [1.29, 1.82) is 0 Å². The number of amides is 3. The molecule has 1 aliphatic heterocycles. The lowest BCUT2D eigenvalue weighted by molar-refractivity contribution is -0.132. The first-order valence-corrected chi connectivity index (χ1v) is 9.72. The summed E-state index contributed by atoms with van der Waals surface area (Å²) in [6, 6.07) is 11.8. The molecule has 0 radical (unpaired) electrons. The molecule has 0 atom stereocenters. The smallest absolute Gasteiger partial charge is 0.252 e. The van der Waals surface area contributed by atoms with Crippen molar-refractivity contribution in [2.24, 2.45) is 0 Å². The zero-order valence-corrected chi connectivity index (χ0v) is 15.7. The quantitative estimate of drug-likeness (QED) is 0.774. The summed E-state index contributed by atoms with van der Waals surface area (Å²) in [7, 11) is 0. The Labute approximate surface area is 162 Å². The Balaban J connectivity index is 1.36. The van der Waals surface area contributed by atoms with E-state index in [1.807, 2.05) is 18.2 Å². The maximum absolute atomic E-state index is 12.3. The van der Waals surface area contributed by atoms with Crippen LogP contribution in [0, 0.1) is 0 Å². The molecule has 2 N–H and O–H groups in total. The van der Waals surface area contributed by atoms with E-state index in [1.165, 1.54) is 11.3 Å². The van der Waals surface area contributed by atoms with E-state index in [0.29, 0.717) is 18.7 Å². The van der Waals surface area contributed by atoms with Gasteiger partial charge >= 0.3 is 0 Å². The summed E-state index contributed by atoms with van der Waals surface area (Å²) in [5, 5.41) is 8.61. The molecule has 1 aromatic carbocycles. The number of nitrogens with one attached hydrogen (secondary N) is 2. The van der Waals surface area contributed by atoms with Crippen molar-refractivity contribution < 1.29 is 14.4 Å². The van der Waals surface area contributed by atoms with Crippen molar-refractivity contribution in [3.05, 3.63) is 52.7 Å². The van der Waals surface area contributed by atoms with Crippen LogP contribution in [-0.4, -0.2) is 61.9 Å². The van der Waals surface area contributed by atoms with E-state index in [1.54, 1.807) is 21.7 Å². The van der Waals surface area contributed by atoms with E-state index >= 15 is 0 Å². The Morgan fingerprint density at radius 2 is 1.67 bits per heavy atom. The van der Waals surface area contributed by atoms with Crippen molar-refractivity contribution in [2.45, 2.75) is 0 Å². The van der Waals surface area contributed by atoms with Gasteiger partial charge in [0.05, 0.1) is 13.1 Å². The number of benzene rings is 1. The molecule has 1 saturated heterocycles. The van der Waals surface area contributed by atoms with Gasteiger partial charge in [-0.05, 0) is 23.6 Å². The van der Waals surface area contributed by atoms with Crippen LogP contribution in [0.5, 0.6) is 0 Å². The average molecular weight is 386 g/mol. The second-order valence-electron chi connectivity index (χ2n) is 6.17. The average Bonchev–Trinajstić information content (AvgIpc) is 3.26. The molecule has 7 nitrogen and oxygen atoms in total. The van der Waals surface area contributed by atoms with Crippen LogP contribution in [0.4, 0.5) is 5.69 Å². The summed E-state index contributed by atoms with van der Waals surface area (Å²) in [4.78, 5) is 39.9. The zero-order chi connectivity index (χ0) is 19.1. The number of piperazine rings is 1. The highest BCUT2D eigenvalue weighted by molar-refractivity contribution is 7.08. The van der Waals surface area contributed by atoms with Crippen molar-refractivity contribution in [3.63, 3.8) is 0 Å². The van der Waals surface area contributed by atoms with Gasteiger partial charge in [0, 0.05) is 42.8 Å². The SMILES string of the molecule is O=C(CNC(=O)c1ccsc1)NCC(=O)N1CCN(c2ccccc2)CC1. The Hall–Kier alpha value is -2.87. The number of thiophene rings is 1. The van der Waals surface area contributed by atoms with E-state index in [-0.39, 0.29) is 30.8 Å². The van der Waals surface area contributed by atoms with Gasteiger partial charge < -0.3 is 20.4 Å². The molecule has 8 heteroatoms. The normalized spacial score (nSPS) is 13.9. The fraction of sp³-hybridized carbons (Fsp3) is 0.316. The first kappa shape index (κ1) is 18.9. The largest absolute Gasteiger partial charge is 0.368 e. The maximum Gasteiger partial charge on any atom is 0.252 e. The number of carbonyl (C=O) groups excluding carboxylic acids is 3. The van der Waals surface area contributed by atoms with Crippen LogP contribution >= 0.6 is 11.3 Å². The van der Waals surface area contributed by atoms with Gasteiger partial charge in [-0.2, -0.15) is 11.3 Å². The number of anilines is 1. The van der Waals surface area contributed by atoms with Crippen LogP contribution < -0.4 is 15.5 Å². The maximum atomic E-state index is 12.3. The van der Waals surface area contributed by atoms with Gasteiger partial charge in [0.15, 0.2) is 0 Å². The number of rotatable bonds is 6.